The summed E-state index contributed by atoms with van der Waals surface area (Å²) in [5, 5.41) is 8.80. The minimum atomic E-state index is -4.66. The van der Waals surface area contributed by atoms with Gasteiger partial charge in [0.2, 0.25) is 0 Å². The Balaban J connectivity index is 4.51. The van der Waals surface area contributed by atoms with E-state index in [0.717, 1.165) is 96.3 Å². The van der Waals surface area contributed by atoms with E-state index in [4.69, 9.17) is 23.6 Å². The van der Waals surface area contributed by atoms with E-state index in [9.17, 15) is 19.0 Å². The number of aliphatic hydroxyl groups excluding tert-OH is 1. The maximum atomic E-state index is 12.7. The van der Waals surface area contributed by atoms with E-state index in [-0.39, 0.29) is 32.7 Å². The summed E-state index contributed by atoms with van der Waals surface area (Å²) in [6, 6.07) is 0. The number of esters is 2. The van der Waals surface area contributed by atoms with Gasteiger partial charge in [0.25, 0.3) is 7.82 Å². The first-order valence-corrected chi connectivity index (χ1v) is 23.5. The zero-order valence-electron chi connectivity index (χ0n) is 37.1. The Morgan fingerprint density at radius 1 is 0.576 bits per heavy atom. The van der Waals surface area contributed by atoms with Gasteiger partial charge < -0.3 is 33.0 Å². The number of hydrogen-bond donors (Lipinski definition) is 1. The quantitative estimate of drug-likeness (QED) is 0.0211. The lowest BCUT2D eigenvalue weighted by Gasteiger charge is -2.28. The molecular formula is C48H80NO9P. The molecule has 0 rings (SSSR count). The van der Waals surface area contributed by atoms with Gasteiger partial charge in [-0.15, -0.1) is 0 Å². The van der Waals surface area contributed by atoms with Crippen LogP contribution >= 0.6 is 7.82 Å². The fourth-order valence-electron chi connectivity index (χ4n) is 5.20. The molecule has 1 N–H and O–H groups in total. The number of phosphoric ester groups is 1. The fraction of sp³-hybridized carbons (Fsp3) is 0.625. The SMILES string of the molecule is CC/C=C\C/C=C\C/C=C\C/C=C\CCCCCCC(=O)O[C@H](COC(=O)CCC/C=C\C/C=C\C/C=C\C/C=C\CCCCCO)COP(=O)([O-])OCC[N+](C)(C)C. The molecule has 0 spiro atoms. The molecule has 0 saturated heterocycles. The van der Waals surface area contributed by atoms with E-state index >= 15 is 0 Å². The summed E-state index contributed by atoms with van der Waals surface area (Å²) in [7, 11) is 1.08. The number of hydrogen-bond acceptors (Lipinski definition) is 9. The highest BCUT2D eigenvalue weighted by Crippen LogP contribution is 2.38. The molecule has 2 atom stereocenters. The number of rotatable bonds is 39. The average Bonchev–Trinajstić information content (AvgIpc) is 3.19. The molecule has 10 nitrogen and oxygen atoms in total. The average molecular weight is 846 g/mol. The Morgan fingerprint density at radius 3 is 1.51 bits per heavy atom. The predicted molar refractivity (Wildman–Crippen MR) is 241 cm³/mol. The van der Waals surface area contributed by atoms with Crippen molar-refractivity contribution in [3.8, 4) is 0 Å². The zero-order chi connectivity index (χ0) is 43.6. The maximum Gasteiger partial charge on any atom is 0.306 e. The number of phosphoric acid groups is 1. The van der Waals surface area contributed by atoms with Crippen molar-refractivity contribution in [1.82, 2.24) is 0 Å². The summed E-state index contributed by atoms with van der Waals surface area (Å²) in [6.07, 6.45) is 50.2. The van der Waals surface area contributed by atoms with Crippen LogP contribution in [0, 0.1) is 0 Å². The summed E-state index contributed by atoms with van der Waals surface area (Å²) in [5.41, 5.74) is 0. The Hall–Kier alpha value is -3.11. The van der Waals surface area contributed by atoms with E-state index in [1.807, 2.05) is 27.2 Å². The van der Waals surface area contributed by atoms with Gasteiger partial charge in [-0.05, 0) is 96.3 Å². The molecule has 59 heavy (non-hydrogen) atoms. The number of carbonyl (C=O) groups is 2. The predicted octanol–water partition coefficient (Wildman–Crippen LogP) is 10.9. The molecule has 0 aliphatic heterocycles. The van der Waals surface area contributed by atoms with Crippen molar-refractivity contribution in [3.05, 3.63) is 97.2 Å². The van der Waals surface area contributed by atoms with E-state index in [2.05, 4.69) is 98.1 Å². The Bertz CT molecular complexity index is 1320. The topological polar surface area (TPSA) is 131 Å². The molecule has 1 unspecified atom stereocenters. The molecular weight excluding hydrogens is 766 g/mol. The number of allylic oxidation sites excluding steroid dienone is 16. The van der Waals surface area contributed by atoms with Gasteiger partial charge in [0.15, 0.2) is 6.10 Å². The molecule has 0 aliphatic rings. The Morgan fingerprint density at radius 2 is 1.02 bits per heavy atom. The highest BCUT2D eigenvalue weighted by molar-refractivity contribution is 7.45. The van der Waals surface area contributed by atoms with E-state index in [1.165, 1.54) is 0 Å². The van der Waals surface area contributed by atoms with Crippen LogP contribution < -0.4 is 4.89 Å². The van der Waals surface area contributed by atoms with Crippen molar-refractivity contribution in [3.63, 3.8) is 0 Å². The minimum Gasteiger partial charge on any atom is -0.756 e. The van der Waals surface area contributed by atoms with Gasteiger partial charge in [-0.25, -0.2) is 0 Å². The third-order valence-electron chi connectivity index (χ3n) is 8.64. The molecule has 0 amide bonds. The summed E-state index contributed by atoms with van der Waals surface area (Å²) < 4.78 is 33.8. The van der Waals surface area contributed by atoms with Gasteiger partial charge >= 0.3 is 11.9 Å². The molecule has 0 fully saturated rings. The first kappa shape index (κ1) is 55.9. The second kappa shape index (κ2) is 40.3. The number of aliphatic hydroxyl groups is 1. The van der Waals surface area contributed by atoms with Gasteiger partial charge in [-0.1, -0.05) is 123 Å². The number of carbonyl (C=O) groups excluding carboxylic acids is 2. The van der Waals surface area contributed by atoms with E-state index < -0.39 is 32.5 Å². The lowest BCUT2D eigenvalue weighted by atomic mass is 10.1. The van der Waals surface area contributed by atoms with Crippen molar-refractivity contribution in [1.29, 1.82) is 0 Å². The molecule has 0 radical (unpaired) electrons. The number of ether oxygens (including phenoxy) is 2. The fourth-order valence-corrected chi connectivity index (χ4v) is 5.93. The largest absolute Gasteiger partial charge is 0.756 e. The second-order valence-corrected chi connectivity index (χ2v) is 16.8. The number of likely N-dealkylation sites (N-methyl/N-ethyl adjacent to an activating group) is 1. The maximum absolute atomic E-state index is 12.7. The highest BCUT2D eigenvalue weighted by atomic mass is 31.2. The lowest BCUT2D eigenvalue weighted by molar-refractivity contribution is -0.870. The number of nitrogens with zero attached hydrogens (tertiary/aromatic N) is 1. The Labute approximate surface area is 358 Å². The smallest absolute Gasteiger partial charge is 0.306 e. The monoisotopic (exact) mass is 846 g/mol. The van der Waals surface area contributed by atoms with Crippen molar-refractivity contribution in [2.45, 2.75) is 141 Å². The van der Waals surface area contributed by atoms with Crippen molar-refractivity contribution in [2.24, 2.45) is 0 Å². The van der Waals surface area contributed by atoms with Crippen LogP contribution in [0.3, 0.4) is 0 Å². The van der Waals surface area contributed by atoms with Gasteiger partial charge in [-0.2, -0.15) is 0 Å². The highest BCUT2D eigenvalue weighted by Gasteiger charge is 2.21. The lowest BCUT2D eigenvalue weighted by Crippen LogP contribution is -2.37. The molecule has 0 aromatic carbocycles. The van der Waals surface area contributed by atoms with Gasteiger partial charge in [0.1, 0.15) is 19.8 Å². The van der Waals surface area contributed by atoms with Crippen LogP contribution in [0.4, 0.5) is 0 Å². The van der Waals surface area contributed by atoms with Crippen LogP contribution in [0.5, 0.6) is 0 Å². The molecule has 0 aromatic rings. The van der Waals surface area contributed by atoms with Crippen LogP contribution in [0.1, 0.15) is 135 Å². The van der Waals surface area contributed by atoms with Crippen molar-refractivity contribution < 1.29 is 47.2 Å². The third kappa shape index (κ3) is 44.3. The molecule has 336 valence electrons. The summed E-state index contributed by atoms with van der Waals surface area (Å²) in [5.74, 6) is -0.954. The van der Waals surface area contributed by atoms with E-state index in [0.29, 0.717) is 30.3 Å². The molecule has 0 heterocycles. The van der Waals surface area contributed by atoms with Crippen molar-refractivity contribution >= 4 is 19.8 Å². The second-order valence-electron chi connectivity index (χ2n) is 15.4. The van der Waals surface area contributed by atoms with Crippen LogP contribution in [-0.4, -0.2) is 81.7 Å². The molecule has 0 aliphatic carbocycles. The van der Waals surface area contributed by atoms with Crippen LogP contribution in [-0.2, 0) is 32.7 Å². The van der Waals surface area contributed by atoms with Crippen LogP contribution in [0.15, 0.2) is 97.2 Å². The Kier molecular flexibility index (Phi) is 38.2. The molecule has 0 aromatic heterocycles. The first-order valence-electron chi connectivity index (χ1n) is 22.1. The van der Waals surface area contributed by atoms with Gasteiger partial charge in [0.05, 0.1) is 27.7 Å². The standard InChI is InChI=1S/C48H80NO9P/c1-5-6-7-8-9-10-11-12-13-15-19-22-25-28-31-34-37-40-48(52)58-46(45-57-59(53,54)56-43-41-49(2,3)4)44-55-47(51)39-36-33-30-27-24-21-18-16-14-17-20-23-26-29-32-35-38-42-50/h6-7,9-10,12-14,17-19,21-23,26-27,30,46,50H,5,8,11,15-16,20,24-25,28-29,31-45H2,1-4H3/b7-6-,10-9-,13-12-,17-14-,21-18-,22-19-,26-23-,30-27-/t46-/m1/s1. The van der Waals surface area contributed by atoms with Crippen LogP contribution in [0.2, 0.25) is 0 Å². The summed E-state index contributed by atoms with van der Waals surface area (Å²) in [6.45, 7) is 1.99. The molecule has 0 saturated carbocycles. The van der Waals surface area contributed by atoms with Crippen LogP contribution in [0.25, 0.3) is 0 Å². The number of unbranched alkanes of at least 4 members (excludes halogenated alkanes) is 8. The molecule has 11 heteroatoms. The molecule has 0 bridgehead atoms. The van der Waals surface area contributed by atoms with Gasteiger partial charge in [-0.3, -0.25) is 14.2 Å². The normalized spacial score (nSPS) is 14.5. The summed E-state index contributed by atoms with van der Waals surface area (Å²) >= 11 is 0. The summed E-state index contributed by atoms with van der Waals surface area (Å²) in [4.78, 5) is 37.5. The third-order valence-corrected chi connectivity index (χ3v) is 9.61. The minimum absolute atomic E-state index is 0.0549. The first-order chi connectivity index (χ1) is 28.5. The zero-order valence-corrected chi connectivity index (χ0v) is 38.0. The van der Waals surface area contributed by atoms with Gasteiger partial charge in [0, 0.05) is 19.4 Å². The van der Waals surface area contributed by atoms with Crippen molar-refractivity contribution in [2.75, 3.05) is 54.1 Å². The van der Waals surface area contributed by atoms with E-state index in [1.54, 1.807) is 0 Å². The number of quaternary nitrogens is 1.